The highest BCUT2D eigenvalue weighted by atomic mass is 32.2. The summed E-state index contributed by atoms with van der Waals surface area (Å²) in [4.78, 5) is 11.8. The first kappa shape index (κ1) is 18.8. The summed E-state index contributed by atoms with van der Waals surface area (Å²) in [5.41, 5.74) is 1.40. The smallest absolute Gasteiger partial charge is 0.230 e. The topological polar surface area (TPSA) is 69.0 Å². The van der Waals surface area contributed by atoms with Gasteiger partial charge in [0.1, 0.15) is 12.4 Å². The van der Waals surface area contributed by atoms with Gasteiger partial charge in [-0.1, -0.05) is 44.7 Å². The summed E-state index contributed by atoms with van der Waals surface area (Å²) in [5, 5.41) is 12.0. The molecule has 1 heterocycles. The lowest BCUT2D eigenvalue weighted by Crippen LogP contribution is -2.27. The number of benzene rings is 1. The van der Waals surface area contributed by atoms with Gasteiger partial charge in [0.25, 0.3) is 0 Å². The van der Waals surface area contributed by atoms with E-state index in [-0.39, 0.29) is 11.3 Å². The minimum absolute atomic E-state index is 0.0530. The molecular weight excluding hydrogens is 348 g/mol. The Balaban J connectivity index is 1.52. The molecule has 1 aromatic carbocycles. The van der Waals surface area contributed by atoms with Crippen LogP contribution in [-0.4, -0.2) is 32.5 Å². The lowest BCUT2D eigenvalue weighted by Gasteiger charge is -2.19. The first-order valence-electron chi connectivity index (χ1n) is 8.87. The quantitative estimate of drug-likeness (QED) is 0.755. The number of ether oxygens (including phenoxy) is 1. The molecule has 1 N–H and O–H groups in total. The monoisotopic (exact) mass is 374 g/mol. The maximum Gasteiger partial charge on any atom is 0.230 e. The predicted octanol–water partition coefficient (Wildman–Crippen LogP) is 3.06. The van der Waals surface area contributed by atoms with Crippen molar-refractivity contribution in [3.8, 4) is 5.75 Å². The molecule has 140 valence electrons. The molecule has 1 aromatic heterocycles. The van der Waals surface area contributed by atoms with Gasteiger partial charge in [0.2, 0.25) is 5.91 Å². The highest BCUT2D eigenvalue weighted by molar-refractivity contribution is 7.99. The van der Waals surface area contributed by atoms with Crippen LogP contribution in [0.5, 0.6) is 5.75 Å². The number of hydrogen-bond donors (Lipinski definition) is 1. The molecule has 1 saturated carbocycles. The van der Waals surface area contributed by atoms with Gasteiger partial charge in [-0.15, -0.1) is 10.2 Å². The zero-order valence-corrected chi connectivity index (χ0v) is 16.6. The van der Waals surface area contributed by atoms with Crippen LogP contribution in [0.2, 0.25) is 0 Å². The molecule has 0 aliphatic heterocycles. The highest BCUT2D eigenvalue weighted by Gasteiger charge is 2.23. The fourth-order valence-corrected chi connectivity index (χ4v) is 3.16. The molecule has 0 spiro atoms. The Morgan fingerprint density at radius 3 is 2.58 bits per heavy atom. The van der Waals surface area contributed by atoms with Crippen LogP contribution >= 0.6 is 11.8 Å². The van der Waals surface area contributed by atoms with Crippen LogP contribution in [0.3, 0.4) is 0 Å². The molecule has 1 aliphatic rings. The van der Waals surface area contributed by atoms with Gasteiger partial charge in [-0.05, 0) is 36.0 Å². The molecule has 0 unspecified atom stereocenters. The molecular formula is C19H26N4O2S. The Bertz CT molecular complexity index is 761. The third-order valence-corrected chi connectivity index (χ3v) is 5.31. The lowest BCUT2D eigenvalue weighted by atomic mass is 9.87. The van der Waals surface area contributed by atoms with Crippen molar-refractivity contribution in [2.45, 2.75) is 56.8 Å². The summed E-state index contributed by atoms with van der Waals surface area (Å²) in [6, 6.07) is 8.53. The SMILES string of the molecule is Cn1c(COc2ccc(C(C)(C)C)cc2)nnc1SCC(=O)NC1CC1. The van der Waals surface area contributed by atoms with E-state index >= 15 is 0 Å². The van der Waals surface area contributed by atoms with Crippen LogP contribution in [0.1, 0.15) is 45.0 Å². The Kier molecular flexibility index (Phi) is 5.55. The van der Waals surface area contributed by atoms with Gasteiger partial charge in [-0.25, -0.2) is 0 Å². The van der Waals surface area contributed by atoms with Crippen molar-refractivity contribution in [3.05, 3.63) is 35.7 Å². The second-order valence-electron chi connectivity index (χ2n) is 7.65. The predicted molar refractivity (Wildman–Crippen MR) is 102 cm³/mol. The molecule has 26 heavy (non-hydrogen) atoms. The Labute approximate surface area is 158 Å². The number of rotatable bonds is 7. The van der Waals surface area contributed by atoms with Crippen LogP contribution in [-0.2, 0) is 23.9 Å². The average Bonchev–Trinajstić information content (AvgIpc) is 3.33. The van der Waals surface area contributed by atoms with Crippen molar-refractivity contribution in [2.75, 3.05) is 5.75 Å². The number of aromatic nitrogens is 3. The molecule has 6 nitrogen and oxygen atoms in total. The molecule has 7 heteroatoms. The van der Waals surface area contributed by atoms with Crippen LogP contribution < -0.4 is 10.1 Å². The van der Waals surface area contributed by atoms with Gasteiger partial charge in [0.05, 0.1) is 5.75 Å². The van der Waals surface area contributed by atoms with Gasteiger partial charge in [0.15, 0.2) is 11.0 Å². The van der Waals surface area contributed by atoms with Gasteiger partial charge in [-0.3, -0.25) is 4.79 Å². The molecule has 3 rings (SSSR count). The number of thioether (sulfide) groups is 1. The molecule has 1 fully saturated rings. The van der Waals surface area contributed by atoms with E-state index in [2.05, 4.69) is 48.4 Å². The van der Waals surface area contributed by atoms with Crippen LogP contribution in [0.15, 0.2) is 29.4 Å². The normalized spacial score (nSPS) is 14.3. The second-order valence-corrected chi connectivity index (χ2v) is 8.59. The first-order valence-corrected chi connectivity index (χ1v) is 9.85. The molecule has 1 amide bonds. The summed E-state index contributed by atoms with van der Waals surface area (Å²) < 4.78 is 7.70. The first-order chi connectivity index (χ1) is 12.3. The van der Waals surface area contributed by atoms with Gasteiger partial charge in [-0.2, -0.15) is 0 Å². The number of hydrogen-bond acceptors (Lipinski definition) is 5. The van der Waals surface area contributed by atoms with Crippen LogP contribution in [0, 0.1) is 0 Å². The van der Waals surface area contributed by atoms with Crippen molar-refractivity contribution in [1.82, 2.24) is 20.1 Å². The minimum Gasteiger partial charge on any atom is -0.486 e. The standard InChI is InChI=1S/C19H26N4O2S/c1-19(2,3)13-5-9-15(10-6-13)25-11-16-21-22-18(23(16)4)26-12-17(24)20-14-7-8-14/h5-6,9-10,14H,7-8,11-12H2,1-4H3,(H,20,24). The van der Waals surface area contributed by atoms with Gasteiger partial charge >= 0.3 is 0 Å². The molecule has 1 aliphatic carbocycles. The van der Waals surface area contributed by atoms with E-state index in [0.717, 1.165) is 29.6 Å². The number of amides is 1. The van der Waals surface area contributed by atoms with E-state index in [9.17, 15) is 4.79 Å². The zero-order chi connectivity index (χ0) is 18.7. The van der Waals surface area contributed by atoms with Gasteiger partial charge in [0, 0.05) is 13.1 Å². The summed E-state index contributed by atoms with van der Waals surface area (Å²) in [7, 11) is 1.89. The van der Waals surface area contributed by atoms with E-state index in [1.165, 1.54) is 17.3 Å². The maximum absolute atomic E-state index is 11.8. The molecule has 0 atom stereocenters. The minimum atomic E-state index is 0.0530. The third-order valence-electron chi connectivity index (χ3n) is 4.29. The average molecular weight is 375 g/mol. The number of nitrogens with one attached hydrogen (secondary N) is 1. The van der Waals surface area contributed by atoms with Crippen LogP contribution in [0.25, 0.3) is 0 Å². The Morgan fingerprint density at radius 1 is 1.27 bits per heavy atom. The summed E-state index contributed by atoms with van der Waals surface area (Å²) in [6.45, 7) is 6.90. The van der Waals surface area contributed by atoms with Gasteiger partial charge < -0.3 is 14.6 Å². The number of nitrogens with zero attached hydrogens (tertiary/aromatic N) is 3. The van der Waals surface area contributed by atoms with Crippen molar-refractivity contribution < 1.29 is 9.53 Å². The highest BCUT2D eigenvalue weighted by Crippen LogP contribution is 2.25. The van der Waals surface area contributed by atoms with E-state index in [0.29, 0.717) is 18.4 Å². The lowest BCUT2D eigenvalue weighted by molar-refractivity contribution is -0.118. The van der Waals surface area contributed by atoms with E-state index < -0.39 is 0 Å². The second kappa shape index (κ2) is 7.70. The fraction of sp³-hybridized carbons (Fsp3) is 0.526. The summed E-state index contributed by atoms with van der Waals surface area (Å²) in [6.07, 6.45) is 2.19. The van der Waals surface area contributed by atoms with Crippen molar-refractivity contribution in [3.63, 3.8) is 0 Å². The molecule has 0 saturated heterocycles. The van der Waals surface area contributed by atoms with E-state index in [4.69, 9.17) is 4.74 Å². The van der Waals surface area contributed by atoms with Crippen LogP contribution in [0.4, 0.5) is 0 Å². The molecule has 0 bridgehead atoms. The van der Waals surface area contributed by atoms with Crippen molar-refractivity contribution in [1.29, 1.82) is 0 Å². The molecule has 0 radical (unpaired) electrons. The Hall–Kier alpha value is -2.02. The number of carbonyl (C=O) groups excluding carboxylic acids is 1. The number of carbonyl (C=O) groups is 1. The molecule has 2 aromatic rings. The fourth-order valence-electron chi connectivity index (χ4n) is 2.42. The van der Waals surface area contributed by atoms with E-state index in [1.807, 2.05) is 23.7 Å². The summed E-state index contributed by atoms with van der Waals surface area (Å²) >= 11 is 1.39. The van der Waals surface area contributed by atoms with E-state index in [1.54, 1.807) is 0 Å². The Morgan fingerprint density at radius 2 is 1.96 bits per heavy atom. The van der Waals surface area contributed by atoms with Crippen molar-refractivity contribution >= 4 is 17.7 Å². The largest absolute Gasteiger partial charge is 0.486 e. The third kappa shape index (κ3) is 5.00. The summed E-state index contributed by atoms with van der Waals surface area (Å²) in [5.74, 6) is 1.95. The maximum atomic E-state index is 11.8. The van der Waals surface area contributed by atoms with Crippen molar-refractivity contribution in [2.24, 2.45) is 7.05 Å². The zero-order valence-electron chi connectivity index (χ0n) is 15.8.